The molecular weight excluding hydrogens is 265 g/mol. The zero-order valence-corrected chi connectivity index (χ0v) is 12.1. The molecular formula is C13H18FN3OS. The highest BCUT2D eigenvalue weighted by Crippen LogP contribution is 2.11. The number of nitrogens with two attached hydrogens (primary N) is 1. The summed E-state index contributed by atoms with van der Waals surface area (Å²) in [6, 6.07) is 4.46. The van der Waals surface area contributed by atoms with Crippen LogP contribution in [0.25, 0.3) is 0 Å². The van der Waals surface area contributed by atoms with Gasteiger partial charge < -0.3 is 10.6 Å². The molecule has 0 unspecified atom stereocenters. The number of likely N-dealkylation sites (N-methyl/N-ethyl adjacent to an activating group) is 2. The van der Waals surface area contributed by atoms with Crippen molar-refractivity contribution < 1.29 is 9.18 Å². The Hall–Kier alpha value is -1.53. The van der Waals surface area contributed by atoms with E-state index >= 15 is 0 Å². The van der Waals surface area contributed by atoms with Crippen molar-refractivity contribution in [1.82, 2.24) is 9.80 Å². The highest BCUT2D eigenvalue weighted by molar-refractivity contribution is 7.80. The maximum absolute atomic E-state index is 13.4. The second kappa shape index (κ2) is 6.58. The molecule has 0 aliphatic heterocycles. The molecule has 0 saturated heterocycles. The molecule has 0 radical (unpaired) electrons. The molecule has 1 aromatic rings. The summed E-state index contributed by atoms with van der Waals surface area (Å²) in [5.41, 5.74) is 6.72. The van der Waals surface area contributed by atoms with Crippen LogP contribution in [0.2, 0.25) is 0 Å². The SMILES string of the molecule is CN(CC(=O)N(C)C)Cc1cc(F)cc(C(N)=S)c1. The van der Waals surface area contributed by atoms with Crippen LogP contribution in [0.4, 0.5) is 4.39 Å². The topological polar surface area (TPSA) is 49.6 Å². The molecule has 19 heavy (non-hydrogen) atoms. The minimum Gasteiger partial charge on any atom is -0.389 e. The van der Waals surface area contributed by atoms with E-state index in [0.717, 1.165) is 5.56 Å². The number of halogens is 1. The average Bonchev–Trinajstić information content (AvgIpc) is 2.27. The van der Waals surface area contributed by atoms with Gasteiger partial charge in [-0.2, -0.15) is 0 Å². The molecule has 0 aromatic heterocycles. The van der Waals surface area contributed by atoms with Gasteiger partial charge in [0, 0.05) is 26.2 Å². The van der Waals surface area contributed by atoms with Crippen molar-refractivity contribution in [2.45, 2.75) is 6.54 Å². The van der Waals surface area contributed by atoms with Crippen LogP contribution in [0.3, 0.4) is 0 Å². The average molecular weight is 283 g/mol. The fourth-order valence-electron chi connectivity index (χ4n) is 1.62. The van der Waals surface area contributed by atoms with Crippen LogP contribution in [0.5, 0.6) is 0 Å². The Morgan fingerprint density at radius 1 is 1.32 bits per heavy atom. The number of hydrogen-bond acceptors (Lipinski definition) is 3. The van der Waals surface area contributed by atoms with Gasteiger partial charge in [-0.1, -0.05) is 12.2 Å². The first kappa shape index (κ1) is 15.5. The molecule has 104 valence electrons. The summed E-state index contributed by atoms with van der Waals surface area (Å²) in [6.45, 7) is 0.721. The number of rotatable bonds is 5. The van der Waals surface area contributed by atoms with Crippen molar-refractivity contribution >= 4 is 23.1 Å². The van der Waals surface area contributed by atoms with Gasteiger partial charge in [-0.3, -0.25) is 9.69 Å². The molecule has 0 aliphatic rings. The van der Waals surface area contributed by atoms with Crippen LogP contribution in [0, 0.1) is 5.82 Å². The highest BCUT2D eigenvalue weighted by Gasteiger charge is 2.10. The number of hydrogen-bond donors (Lipinski definition) is 1. The first-order valence-electron chi connectivity index (χ1n) is 5.77. The third-order valence-electron chi connectivity index (χ3n) is 2.60. The van der Waals surface area contributed by atoms with Gasteiger partial charge in [-0.05, 0) is 30.8 Å². The lowest BCUT2D eigenvalue weighted by molar-refractivity contribution is -0.129. The Morgan fingerprint density at radius 3 is 2.47 bits per heavy atom. The van der Waals surface area contributed by atoms with Gasteiger partial charge >= 0.3 is 0 Å². The van der Waals surface area contributed by atoms with E-state index in [2.05, 4.69) is 0 Å². The van der Waals surface area contributed by atoms with Crippen LogP contribution in [0.1, 0.15) is 11.1 Å². The second-order valence-electron chi connectivity index (χ2n) is 4.67. The molecule has 0 fully saturated rings. The first-order valence-corrected chi connectivity index (χ1v) is 6.18. The van der Waals surface area contributed by atoms with Gasteiger partial charge in [0.2, 0.25) is 5.91 Å². The van der Waals surface area contributed by atoms with Gasteiger partial charge in [-0.25, -0.2) is 4.39 Å². The summed E-state index contributed by atoms with van der Waals surface area (Å²) in [7, 11) is 5.19. The van der Waals surface area contributed by atoms with Gasteiger partial charge in [0.15, 0.2) is 0 Å². The third-order valence-corrected chi connectivity index (χ3v) is 2.83. The van der Waals surface area contributed by atoms with Crippen molar-refractivity contribution in [3.63, 3.8) is 0 Å². The maximum Gasteiger partial charge on any atom is 0.236 e. The van der Waals surface area contributed by atoms with Gasteiger partial charge in [0.1, 0.15) is 10.8 Å². The zero-order chi connectivity index (χ0) is 14.6. The number of benzene rings is 1. The monoisotopic (exact) mass is 283 g/mol. The van der Waals surface area contributed by atoms with E-state index in [1.165, 1.54) is 17.0 Å². The molecule has 0 aliphatic carbocycles. The van der Waals surface area contributed by atoms with E-state index in [1.807, 2.05) is 0 Å². The molecule has 1 rings (SSSR count). The van der Waals surface area contributed by atoms with Gasteiger partial charge in [0.25, 0.3) is 0 Å². The Bertz CT molecular complexity index is 491. The molecule has 4 nitrogen and oxygen atoms in total. The fourth-order valence-corrected chi connectivity index (χ4v) is 1.74. The fraction of sp³-hybridized carbons (Fsp3) is 0.385. The van der Waals surface area contributed by atoms with E-state index in [9.17, 15) is 9.18 Å². The Kier molecular flexibility index (Phi) is 5.38. The van der Waals surface area contributed by atoms with Crippen molar-refractivity contribution in [3.05, 3.63) is 35.1 Å². The Balaban J connectivity index is 2.76. The van der Waals surface area contributed by atoms with Crippen molar-refractivity contribution in [2.75, 3.05) is 27.7 Å². The minimum atomic E-state index is -0.382. The van der Waals surface area contributed by atoms with Crippen LogP contribution < -0.4 is 5.73 Å². The van der Waals surface area contributed by atoms with Crippen molar-refractivity contribution in [3.8, 4) is 0 Å². The minimum absolute atomic E-state index is 0.00604. The van der Waals surface area contributed by atoms with Crippen LogP contribution >= 0.6 is 12.2 Å². The molecule has 1 amide bonds. The lowest BCUT2D eigenvalue weighted by Gasteiger charge is -2.19. The standard InChI is InChI=1S/C13H18FN3OS/c1-16(2)12(18)8-17(3)7-9-4-10(13(15)19)6-11(14)5-9/h4-6H,7-8H2,1-3H3,(H2,15,19). The Morgan fingerprint density at radius 2 is 1.95 bits per heavy atom. The first-order chi connectivity index (χ1) is 8.79. The Labute approximate surface area is 118 Å². The zero-order valence-electron chi connectivity index (χ0n) is 11.3. The number of carbonyl (C=O) groups excluding carboxylic acids is 1. The predicted molar refractivity (Wildman–Crippen MR) is 77.3 cm³/mol. The van der Waals surface area contributed by atoms with E-state index in [4.69, 9.17) is 18.0 Å². The number of amides is 1. The molecule has 0 saturated carbocycles. The summed E-state index contributed by atoms with van der Waals surface area (Å²) < 4.78 is 13.4. The molecule has 6 heteroatoms. The van der Waals surface area contributed by atoms with E-state index in [-0.39, 0.29) is 23.3 Å². The smallest absolute Gasteiger partial charge is 0.236 e. The summed E-state index contributed by atoms with van der Waals surface area (Å²) >= 11 is 4.84. The lowest BCUT2D eigenvalue weighted by Crippen LogP contribution is -2.34. The molecule has 2 N–H and O–H groups in total. The molecule has 0 spiro atoms. The van der Waals surface area contributed by atoms with Gasteiger partial charge in [0.05, 0.1) is 6.54 Å². The summed E-state index contributed by atoms with van der Waals surface area (Å²) in [5, 5.41) is 0. The van der Waals surface area contributed by atoms with Crippen molar-refractivity contribution in [1.29, 1.82) is 0 Å². The van der Waals surface area contributed by atoms with E-state index in [1.54, 1.807) is 32.1 Å². The van der Waals surface area contributed by atoms with Gasteiger partial charge in [-0.15, -0.1) is 0 Å². The van der Waals surface area contributed by atoms with E-state index < -0.39 is 0 Å². The number of nitrogens with zero attached hydrogens (tertiary/aromatic N) is 2. The van der Waals surface area contributed by atoms with Crippen LogP contribution in [-0.4, -0.2) is 48.4 Å². The molecule has 0 heterocycles. The molecule has 0 atom stereocenters. The predicted octanol–water partition coefficient (Wildman–Crippen LogP) is 0.980. The maximum atomic E-state index is 13.4. The lowest BCUT2D eigenvalue weighted by atomic mass is 10.1. The third kappa shape index (κ3) is 4.92. The summed E-state index contributed by atoms with van der Waals surface area (Å²) in [5.74, 6) is -0.388. The second-order valence-corrected chi connectivity index (χ2v) is 5.11. The van der Waals surface area contributed by atoms with Crippen LogP contribution in [-0.2, 0) is 11.3 Å². The quantitative estimate of drug-likeness (QED) is 0.819. The number of carbonyl (C=O) groups is 1. The number of thiocarbonyl (C=S) groups is 1. The van der Waals surface area contributed by atoms with Crippen molar-refractivity contribution in [2.24, 2.45) is 5.73 Å². The molecule has 1 aromatic carbocycles. The summed E-state index contributed by atoms with van der Waals surface area (Å²) in [4.78, 5) is 15.0. The highest BCUT2D eigenvalue weighted by atomic mass is 32.1. The van der Waals surface area contributed by atoms with E-state index in [0.29, 0.717) is 12.1 Å². The molecule has 0 bridgehead atoms. The summed E-state index contributed by atoms with van der Waals surface area (Å²) in [6.07, 6.45) is 0. The normalized spacial score (nSPS) is 10.6. The largest absolute Gasteiger partial charge is 0.389 e. The van der Waals surface area contributed by atoms with Crippen LogP contribution in [0.15, 0.2) is 18.2 Å².